The lowest BCUT2D eigenvalue weighted by molar-refractivity contribution is -0.138. The van der Waals surface area contributed by atoms with Gasteiger partial charge in [0, 0.05) is 69.5 Å². The van der Waals surface area contributed by atoms with Crippen molar-refractivity contribution < 1.29 is 27.4 Å². The highest BCUT2D eigenvalue weighted by Gasteiger charge is 2.35. The summed E-state index contributed by atoms with van der Waals surface area (Å²) in [5.74, 6) is -0.286. The molecule has 1 unspecified atom stereocenters. The first kappa shape index (κ1) is 26.5. The number of amides is 1. The summed E-state index contributed by atoms with van der Waals surface area (Å²) in [6.07, 6.45) is -0.470. The van der Waals surface area contributed by atoms with Gasteiger partial charge in [-0.25, -0.2) is 0 Å². The van der Waals surface area contributed by atoms with Crippen molar-refractivity contribution in [1.82, 2.24) is 24.7 Å². The van der Waals surface area contributed by atoms with E-state index in [1.807, 2.05) is 18.2 Å². The van der Waals surface area contributed by atoms with Crippen molar-refractivity contribution in [3.8, 4) is 0 Å². The highest BCUT2D eigenvalue weighted by Crippen LogP contribution is 2.29. The lowest BCUT2D eigenvalue weighted by atomic mass is 10.1. The van der Waals surface area contributed by atoms with Crippen molar-refractivity contribution in [2.24, 2.45) is 0 Å². The molecule has 0 bridgehead atoms. The number of nitrogens with zero attached hydrogens (tertiary/aromatic N) is 4. The second kappa shape index (κ2) is 11.4. The van der Waals surface area contributed by atoms with Gasteiger partial charge in [-0.3, -0.25) is 24.4 Å². The molecule has 204 valence electrons. The molecule has 2 atom stereocenters. The van der Waals surface area contributed by atoms with Crippen molar-refractivity contribution >= 4 is 5.91 Å². The number of ether oxygens (including phenoxy) is 2. The van der Waals surface area contributed by atoms with E-state index in [2.05, 4.69) is 15.2 Å². The van der Waals surface area contributed by atoms with Gasteiger partial charge in [-0.05, 0) is 30.2 Å². The van der Waals surface area contributed by atoms with Crippen LogP contribution in [0.3, 0.4) is 0 Å². The zero-order chi connectivity index (χ0) is 26.7. The van der Waals surface area contributed by atoms with Crippen LogP contribution in [-0.4, -0.2) is 76.8 Å². The van der Waals surface area contributed by atoms with E-state index in [-0.39, 0.29) is 37.3 Å². The number of aromatic nitrogens is 2. The van der Waals surface area contributed by atoms with Crippen molar-refractivity contribution in [3.63, 3.8) is 0 Å². The van der Waals surface area contributed by atoms with Gasteiger partial charge in [-0.1, -0.05) is 6.07 Å². The predicted molar refractivity (Wildman–Crippen MR) is 131 cm³/mol. The van der Waals surface area contributed by atoms with Gasteiger partial charge in [-0.2, -0.15) is 13.2 Å². The molecular formula is C26H30F3N5O4. The number of hydrogen-bond donors (Lipinski definition) is 1. The standard InChI is InChI=1S/C26H30F3N5O4/c27-26(28,29)19-9-22-13-32(6-7-34(22)25(36)10-19)15-24(35)31-11-18-12-33(21-4-8-37-17-21)14-23(18)38-16-20-3-1-2-5-30-20/h1-3,5,9-11,21,23H,4,6-8,12-17H2,(H,31,35)/t21?,23-/m0/s1. The molecular weight excluding hydrogens is 503 g/mol. The van der Waals surface area contributed by atoms with Gasteiger partial charge in [0.25, 0.3) is 5.56 Å². The topological polar surface area (TPSA) is 88.9 Å². The van der Waals surface area contributed by atoms with Crippen LogP contribution in [-0.2, 0) is 40.1 Å². The van der Waals surface area contributed by atoms with E-state index < -0.39 is 17.3 Å². The number of likely N-dealkylation sites (tertiary alicyclic amines) is 1. The molecule has 12 heteroatoms. The lowest BCUT2D eigenvalue weighted by Gasteiger charge is -2.29. The summed E-state index contributed by atoms with van der Waals surface area (Å²) in [6.45, 7) is 3.74. The van der Waals surface area contributed by atoms with Crippen LogP contribution >= 0.6 is 0 Å². The summed E-state index contributed by atoms with van der Waals surface area (Å²) in [5, 5.41) is 2.84. The van der Waals surface area contributed by atoms with Gasteiger partial charge in [0.05, 0.1) is 37.1 Å². The Bertz CT molecular complexity index is 1230. The molecule has 0 spiro atoms. The lowest BCUT2D eigenvalue weighted by Crippen LogP contribution is -2.43. The van der Waals surface area contributed by atoms with Gasteiger partial charge in [-0.15, -0.1) is 0 Å². The van der Waals surface area contributed by atoms with Crippen LogP contribution < -0.4 is 10.9 Å². The maximum Gasteiger partial charge on any atom is 0.416 e. The van der Waals surface area contributed by atoms with E-state index in [0.717, 1.165) is 30.4 Å². The third-order valence-corrected chi connectivity index (χ3v) is 7.13. The molecule has 9 nitrogen and oxygen atoms in total. The fraction of sp³-hybridized carbons (Fsp3) is 0.500. The van der Waals surface area contributed by atoms with Crippen molar-refractivity contribution in [3.05, 3.63) is 75.6 Å². The Morgan fingerprint density at radius 3 is 2.84 bits per heavy atom. The van der Waals surface area contributed by atoms with E-state index >= 15 is 0 Å². The summed E-state index contributed by atoms with van der Waals surface area (Å²) >= 11 is 0. The zero-order valence-electron chi connectivity index (χ0n) is 20.8. The SMILES string of the molecule is O=C(CN1CCn2c(cc(C(F)(F)F)cc2=O)C1)NC=C1CN(C2CCOC2)C[C@@H]1OCc1ccccn1. The monoisotopic (exact) mass is 533 g/mol. The highest BCUT2D eigenvalue weighted by molar-refractivity contribution is 5.79. The number of rotatable bonds is 7. The molecule has 0 saturated carbocycles. The molecule has 5 rings (SSSR count). The number of hydrogen-bond acceptors (Lipinski definition) is 7. The Kier molecular flexibility index (Phi) is 7.93. The predicted octanol–water partition coefficient (Wildman–Crippen LogP) is 1.77. The van der Waals surface area contributed by atoms with Crippen LogP contribution in [0.25, 0.3) is 0 Å². The molecule has 3 aliphatic rings. The molecule has 38 heavy (non-hydrogen) atoms. The molecule has 2 aromatic heterocycles. The fourth-order valence-corrected chi connectivity index (χ4v) is 5.09. The summed E-state index contributed by atoms with van der Waals surface area (Å²) in [4.78, 5) is 33.2. The molecule has 1 amide bonds. The number of carbonyl (C=O) groups excluding carboxylic acids is 1. The number of halogens is 3. The summed E-state index contributed by atoms with van der Waals surface area (Å²) in [5.41, 5.74) is 0.345. The second-order valence-corrected chi connectivity index (χ2v) is 9.79. The molecule has 0 radical (unpaired) electrons. The third-order valence-electron chi connectivity index (χ3n) is 7.13. The van der Waals surface area contributed by atoms with Crippen LogP contribution in [0.15, 0.2) is 53.1 Å². The van der Waals surface area contributed by atoms with Gasteiger partial charge >= 0.3 is 6.18 Å². The number of carbonyl (C=O) groups is 1. The van der Waals surface area contributed by atoms with Crippen molar-refractivity contribution in [2.75, 3.05) is 39.4 Å². The van der Waals surface area contributed by atoms with Crippen LogP contribution in [0.4, 0.5) is 13.2 Å². The highest BCUT2D eigenvalue weighted by atomic mass is 19.4. The molecule has 0 aromatic carbocycles. The van der Waals surface area contributed by atoms with Crippen molar-refractivity contribution in [1.29, 1.82) is 0 Å². The van der Waals surface area contributed by atoms with Crippen LogP contribution in [0.5, 0.6) is 0 Å². The summed E-state index contributed by atoms with van der Waals surface area (Å²) < 4.78 is 52.5. The van der Waals surface area contributed by atoms with Crippen LogP contribution in [0, 0.1) is 0 Å². The molecule has 2 fully saturated rings. The minimum absolute atomic E-state index is 0.00610. The molecule has 3 aliphatic heterocycles. The maximum atomic E-state index is 13.1. The third kappa shape index (κ3) is 6.32. The first-order valence-corrected chi connectivity index (χ1v) is 12.6. The minimum atomic E-state index is -4.60. The molecule has 2 saturated heterocycles. The zero-order valence-corrected chi connectivity index (χ0v) is 20.8. The summed E-state index contributed by atoms with van der Waals surface area (Å²) in [7, 11) is 0. The van der Waals surface area contributed by atoms with Crippen LogP contribution in [0.2, 0.25) is 0 Å². The molecule has 5 heterocycles. The largest absolute Gasteiger partial charge is 0.416 e. The smallest absolute Gasteiger partial charge is 0.380 e. The van der Waals surface area contributed by atoms with Gasteiger partial charge in [0.15, 0.2) is 0 Å². The van der Waals surface area contributed by atoms with E-state index in [0.29, 0.717) is 45.0 Å². The van der Waals surface area contributed by atoms with Gasteiger partial charge in [0.1, 0.15) is 0 Å². The Labute approximate surface area is 217 Å². The molecule has 0 aliphatic carbocycles. The Morgan fingerprint density at radius 2 is 2.11 bits per heavy atom. The number of pyridine rings is 2. The van der Waals surface area contributed by atoms with Gasteiger partial charge < -0.3 is 19.4 Å². The molecule has 1 N–H and O–H groups in total. The Hall–Kier alpha value is -3.06. The normalized spacial score (nSPS) is 23.6. The number of alkyl halides is 3. The Morgan fingerprint density at radius 1 is 1.24 bits per heavy atom. The number of fused-ring (bicyclic) bond motifs is 1. The molecule has 2 aromatic rings. The van der Waals surface area contributed by atoms with Crippen molar-refractivity contribution in [2.45, 2.75) is 44.4 Å². The Balaban J connectivity index is 1.21. The van der Waals surface area contributed by atoms with E-state index in [1.165, 1.54) is 4.57 Å². The van der Waals surface area contributed by atoms with E-state index in [4.69, 9.17) is 9.47 Å². The van der Waals surface area contributed by atoms with E-state index in [1.54, 1.807) is 17.3 Å². The maximum absolute atomic E-state index is 13.1. The van der Waals surface area contributed by atoms with Crippen LogP contribution in [0.1, 0.15) is 23.4 Å². The first-order valence-electron chi connectivity index (χ1n) is 12.6. The minimum Gasteiger partial charge on any atom is -0.380 e. The first-order chi connectivity index (χ1) is 18.3. The van der Waals surface area contributed by atoms with E-state index in [9.17, 15) is 22.8 Å². The van der Waals surface area contributed by atoms with Gasteiger partial charge in [0.2, 0.25) is 5.91 Å². The average molecular weight is 534 g/mol. The fourth-order valence-electron chi connectivity index (χ4n) is 5.09. The number of nitrogens with one attached hydrogen (secondary N) is 1. The quantitative estimate of drug-likeness (QED) is 0.581. The summed E-state index contributed by atoms with van der Waals surface area (Å²) in [6, 6.07) is 7.54. The average Bonchev–Trinajstić information content (AvgIpc) is 3.56. The second-order valence-electron chi connectivity index (χ2n) is 9.79.